The summed E-state index contributed by atoms with van der Waals surface area (Å²) in [5.74, 6) is -0.697. The average Bonchev–Trinajstić information content (AvgIpc) is 3.34. The summed E-state index contributed by atoms with van der Waals surface area (Å²) in [6.07, 6.45) is 6.16. The number of aliphatic hydroxyl groups excluding tert-OH is 1. The van der Waals surface area contributed by atoms with Crippen LogP contribution in [0.4, 0.5) is 0 Å². The van der Waals surface area contributed by atoms with E-state index in [0.29, 0.717) is 18.4 Å². The molecular weight excluding hydrogens is 386 g/mol. The van der Waals surface area contributed by atoms with E-state index in [2.05, 4.69) is 23.8 Å². The Morgan fingerprint density at radius 2 is 2.27 bits per heavy atom. The fourth-order valence-electron chi connectivity index (χ4n) is 5.25. The van der Waals surface area contributed by atoms with E-state index in [0.717, 1.165) is 31.4 Å². The molecule has 1 aromatic rings. The van der Waals surface area contributed by atoms with Gasteiger partial charge in [-0.3, -0.25) is 4.79 Å². The van der Waals surface area contributed by atoms with E-state index in [1.807, 2.05) is 6.92 Å². The van der Waals surface area contributed by atoms with Crippen molar-refractivity contribution in [2.24, 2.45) is 11.8 Å². The summed E-state index contributed by atoms with van der Waals surface area (Å²) in [6.45, 7) is 7.85. The van der Waals surface area contributed by atoms with Crippen LogP contribution in [-0.4, -0.2) is 43.7 Å². The maximum atomic E-state index is 12.7. The number of ether oxygens (including phenoxy) is 2. The van der Waals surface area contributed by atoms with Crippen molar-refractivity contribution in [3.8, 4) is 0 Å². The van der Waals surface area contributed by atoms with Gasteiger partial charge >= 0.3 is 11.9 Å². The lowest BCUT2D eigenvalue weighted by Gasteiger charge is -2.36. The monoisotopic (exact) mass is 415 g/mol. The van der Waals surface area contributed by atoms with Gasteiger partial charge in [0.15, 0.2) is 0 Å². The lowest BCUT2D eigenvalue weighted by atomic mass is 9.79. The van der Waals surface area contributed by atoms with Crippen molar-refractivity contribution in [2.75, 3.05) is 0 Å². The average molecular weight is 415 g/mol. The number of hydrogen-bond donors (Lipinski definition) is 1. The number of hydrogen-bond acceptors (Lipinski definition) is 7. The van der Waals surface area contributed by atoms with Crippen molar-refractivity contribution in [1.82, 2.24) is 15.0 Å². The number of aliphatic hydroxyl groups is 1. The number of esters is 2. The highest BCUT2D eigenvalue weighted by molar-refractivity contribution is 5.91. The molecule has 8 nitrogen and oxygen atoms in total. The van der Waals surface area contributed by atoms with E-state index >= 15 is 0 Å². The number of carbonyl (C=O) groups is 2. The van der Waals surface area contributed by atoms with E-state index in [4.69, 9.17) is 14.6 Å². The summed E-state index contributed by atoms with van der Waals surface area (Å²) in [5.41, 5.74) is 3.19. The number of aryl methyl sites for hydroxylation is 1. The fraction of sp³-hybridized carbons (Fsp3) is 0.636. The summed E-state index contributed by atoms with van der Waals surface area (Å²) in [6, 6.07) is 0. The summed E-state index contributed by atoms with van der Waals surface area (Å²) < 4.78 is 13.1. The van der Waals surface area contributed by atoms with Gasteiger partial charge in [0.2, 0.25) is 0 Å². The van der Waals surface area contributed by atoms with E-state index in [1.165, 1.54) is 15.8 Å². The Bertz CT molecular complexity index is 904. The Kier molecular flexibility index (Phi) is 5.53. The van der Waals surface area contributed by atoms with Crippen molar-refractivity contribution >= 4 is 11.9 Å². The summed E-state index contributed by atoms with van der Waals surface area (Å²) in [4.78, 5) is 24.9. The maximum Gasteiger partial charge on any atom is 0.334 e. The van der Waals surface area contributed by atoms with Crippen LogP contribution in [0.15, 0.2) is 29.5 Å². The number of nitrogens with zero attached hydrogens (tertiary/aromatic N) is 3. The van der Waals surface area contributed by atoms with Crippen molar-refractivity contribution in [2.45, 2.75) is 77.2 Å². The highest BCUT2D eigenvalue weighted by Gasteiger charge is 2.56. The molecule has 30 heavy (non-hydrogen) atoms. The van der Waals surface area contributed by atoms with Gasteiger partial charge in [0.25, 0.3) is 0 Å². The molecule has 0 spiro atoms. The Labute approximate surface area is 175 Å². The van der Waals surface area contributed by atoms with E-state index < -0.39 is 5.60 Å². The minimum atomic E-state index is -0.689. The van der Waals surface area contributed by atoms with Crippen LogP contribution in [0.3, 0.4) is 0 Å². The topological polar surface area (TPSA) is 104 Å². The zero-order valence-electron chi connectivity index (χ0n) is 17.6. The number of rotatable bonds is 6. The molecule has 2 heterocycles. The minimum absolute atomic E-state index is 0.0137. The van der Waals surface area contributed by atoms with Crippen LogP contribution in [-0.2, 0) is 32.2 Å². The molecule has 0 aromatic carbocycles. The number of carbonyl (C=O) groups excluding carboxylic acids is 2. The zero-order valence-corrected chi connectivity index (χ0v) is 17.6. The summed E-state index contributed by atoms with van der Waals surface area (Å²) >= 11 is 0. The van der Waals surface area contributed by atoms with E-state index in [1.54, 1.807) is 6.20 Å². The van der Waals surface area contributed by atoms with Gasteiger partial charge in [-0.2, -0.15) is 0 Å². The zero-order chi connectivity index (χ0) is 21.5. The van der Waals surface area contributed by atoms with Crippen LogP contribution < -0.4 is 0 Å². The van der Waals surface area contributed by atoms with Crippen LogP contribution in [0, 0.1) is 11.8 Å². The second kappa shape index (κ2) is 7.98. The van der Waals surface area contributed by atoms with Crippen LogP contribution in [0.5, 0.6) is 0 Å². The van der Waals surface area contributed by atoms with Gasteiger partial charge in [-0.25, -0.2) is 9.48 Å². The second-order valence-electron chi connectivity index (χ2n) is 8.85. The molecule has 4 rings (SSSR count). The standard InChI is InChI=1S/C22H29N3O5/c1-13-7-8-17-14(2)21(28)29-20(17)19-16(13)9-10-22(19,3)30-18(27)6-4-5-15-11-25(12-26)24-23-15/h11,17,19-20,26H,2,4-10,12H2,1,3H3/t17-,19-,20-,22+/m0/s1. The first-order chi connectivity index (χ1) is 14.3. The highest BCUT2D eigenvalue weighted by atomic mass is 16.6. The quantitative estimate of drug-likeness (QED) is 0.432. The smallest absolute Gasteiger partial charge is 0.334 e. The van der Waals surface area contributed by atoms with Crippen molar-refractivity contribution in [3.05, 3.63) is 35.2 Å². The first kappa shape index (κ1) is 20.8. The van der Waals surface area contributed by atoms with Gasteiger partial charge in [0.1, 0.15) is 18.4 Å². The summed E-state index contributed by atoms with van der Waals surface area (Å²) in [7, 11) is 0. The Morgan fingerprint density at radius 1 is 1.47 bits per heavy atom. The van der Waals surface area contributed by atoms with Crippen LogP contribution >= 0.6 is 0 Å². The number of aromatic nitrogens is 3. The number of allylic oxidation sites excluding steroid dienone is 1. The van der Waals surface area contributed by atoms with Crippen molar-refractivity contribution in [3.63, 3.8) is 0 Å². The maximum absolute atomic E-state index is 12.7. The molecule has 8 heteroatoms. The fourth-order valence-corrected chi connectivity index (χ4v) is 5.25. The minimum Gasteiger partial charge on any atom is -0.459 e. The Morgan fingerprint density at radius 3 is 3.00 bits per heavy atom. The summed E-state index contributed by atoms with van der Waals surface area (Å²) in [5, 5.41) is 16.8. The van der Waals surface area contributed by atoms with Gasteiger partial charge in [-0.15, -0.1) is 5.10 Å². The van der Waals surface area contributed by atoms with E-state index in [9.17, 15) is 9.59 Å². The SMILES string of the molecule is C=C1C(=O)O[C@H]2[C@H]1CCC(C)=C1CC[C@@](C)(OC(=O)CCCc3cn(CO)nn3)[C@@H]12. The van der Waals surface area contributed by atoms with E-state index in [-0.39, 0.29) is 43.0 Å². The van der Waals surface area contributed by atoms with Crippen LogP contribution in [0.1, 0.15) is 58.1 Å². The third kappa shape index (κ3) is 3.69. The molecule has 1 N–H and O–H groups in total. The van der Waals surface area contributed by atoms with Gasteiger partial charge in [0.05, 0.1) is 17.8 Å². The Balaban J connectivity index is 1.43. The molecule has 2 fully saturated rings. The second-order valence-corrected chi connectivity index (χ2v) is 8.85. The Hall–Kier alpha value is -2.48. The molecule has 0 unspecified atom stereocenters. The molecule has 0 bridgehead atoms. The van der Waals surface area contributed by atoms with Crippen LogP contribution in [0.2, 0.25) is 0 Å². The molecule has 162 valence electrons. The highest BCUT2D eigenvalue weighted by Crippen LogP contribution is 2.53. The predicted octanol–water partition coefficient (Wildman–Crippen LogP) is 2.47. The largest absolute Gasteiger partial charge is 0.459 e. The normalized spacial score (nSPS) is 30.7. The molecule has 4 atom stereocenters. The predicted molar refractivity (Wildman–Crippen MR) is 107 cm³/mol. The lowest BCUT2D eigenvalue weighted by molar-refractivity contribution is -0.167. The van der Waals surface area contributed by atoms with Crippen LogP contribution in [0.25, 0.3) is 0 Å². The molecular formula is C22H29N3O5. The van der Waals surface area contributed by atoms with Crippen molar-refractivity contribution < 1.29 is 24.2 Å². The first-order valence-corrected chi connectivity index (χ1v) is 10.6. The van der Waals surface area contributed by atoms with Gasteiger partial charge in [-0.1, -0.05) is 22.9 Å². The van der Waals surface area contributed by atoms with Gasteiger partial charge < -0.3 is 14.6 Å². The molecule has 1 saturated heterocycles. The first-order valence-electron chi connectivity index (χ1n) is 10.6. The molecule has 2 aliphatic carbocycles. The number of fused-ring (bicyclic) bond motifs is 3. The molecule has 0 amide bonds. The lowest BCUT2D eigenvalue weighted by Crippen LogP contribution is -2.44. The van der Waals surface area contributed by atoms with Gasteiger partial charge in [-0.05, 0) is 52.4 Å². The molecule has 1 saturated carbocycles. The third-order valence-corrected chi connectivity index (χ3v) is 6.87. The third-order valence-electron chi connectivity index (χ3n) is 6.87. The van der Waals surface area contributed by atoms with Crippen molar-refractivity contribution in [1.29, 1.82) is 0 Å². The molecule has 1 aromatic heterocycles. The van der Waals surface area contributed by atoms with Gasteiger partial charge in [0, 0.05) is 17.9 Å². The molecule has 3 aliphatic rings. The molecule has 1 aliphatic heterocycles. The molecule has 0 radical (unpaired) electrons.